The van der Waals surface area contributed by atoms with Crippen molar-refractivity contribution in [2.45, 2.75) is 78.2 Å². The molecule has 4 fully saturated rings. The van der Waals surface area contributed by atoms with Crippen LogP contribution in [0.3, 0.4) is 0 Å². The number of piperidine rings is 1. The molecular weight excluding hydrogens is 398 g/mol. The van der Waals surface area contributed by atoms with Crippen molar-refractivity contribution in [2.75, 3.05) is 12.4 Å². The molecule has 1 aliphatic heterocycles. The Hall–Kier alpha value is -1.91. The van der Waals surface area contributed by atoms with E-state index in [-0.39, 0.29) is 22.7 Å². The zero-order valence-corrected chi connectivity index (χ0v) is 20.1. The number of anilines is 1. The Balaban J connectivity index is 1.34. The first-order valence-corrected chi connectivity index (χ1v) is 12.7. The lowest BCUT2D eigenvalue weighted by Crippen LogP contribution is -2.61. The molecule has 5 heteroatoms. The van der Waals surface area contributed by atoms with Gasteiger partial charge in [-0.3, -0.25) is 14.6 Å². The molecule has 3 aliphatic carbocycles. The number of likely N-dealkylation sites (tertiary alicyclic amines) is 1. The summed E-state index contributed by atoms with van der Waals surface area (Å²) in [7, 11) is 2.03. The van der Waals surface area contributed by atoms with Gasteiger partial charge in [0.2, 0.25) is 11.8 Å². The second-order valence-corrected chi connectivity index (χ2v) is 11.7. The number of nitrogens with one attached hydrogen (secondary N) is 1. The lowest BCUT2D eigenvalue weighted by molar-refractivity contribution is -0.159. The van der Waals surface area contributed by atoms with Gasteiger partial charge in [0, 0.05) is 31.6 Å². The largest absolute Gasteiger partial charge is 0.342 e. The van der Waals surface area contributed by atoms with Crippen molar-refractivity contribution in [1.82, 2.24) is 9.88 Å². The van der Waals surface area contributed by atoms with Gasteiger partial charge in [-0.25, -0.2) is 0 Å². The zero-order chi connectivity index (χ0) is 22.7. The monoisotopic (exact) mass is 437 g/mol. The number of carbonyl (C=O) groups is 2. The van der Waals surface area contributed by atoms with Crippen LogP contribution in [0.15, 0.2) is 24.5 Å². The molecule has 1 aromatic heterocycles. The fourth-order valence-electron chi connectivity index (χ4n) is 8.89. The maximum absolute atomic E-state index is 13.1. The van der Waals surface area contributed by atoms with Gasteiger partial charge in [-0.15, -0.1) is 0 Å². The molecule has 174 valence electrons. The highest BCUT2D eigenvalue weighted by Gasteiger charge is 2.61. The highest BCUT2D eigenvalue weighted by molar-refractivity contribution is 5.92. The van der Waals surface area contributed by atoms with Gasteiger partial charge < -0.3 is 10.2 Å². The second kappa shape index (κ2) is 7.85. The summed E-state index contributed by atoms with van der Waals surface area (Å²) in [5.41, 5.74) is 1.29. The summed E-state index contributed by atoms with van der Waals surface area (Å²) in [4.78, 5) is 31.7. The summed E-state index contributed by atoms with van der Waals surface area (Å²) in [5.74, 6) is 3.08. The van der Waals surface area contributed by atoms with Crippen molar-refractivity contribution in [3.63, 3.8) is 0 Å². The van der Waals surface area contributed by atoms with Crippen LogP contribution in [-0.2, 0) is 9.59 Å². The summed E-state index contributed by atoms with van der Waals surface area (Å²) in [6.45, 7) is 7.11. The van der Waals surface area contributed by atoms with Gasteiger partial charge in [0.25, 0.3) is 0 Å². The Labute approximate surface area is 192 Å². The van der Waals surface area contributed by atoms with Crippen LogP contribution in [0.4, 0.5) is 5.69 Å². The predicted octanol–water partition coefficient (Wildman–Crippen LogP) is 5.14. The number of aromatic nitrogens is 1. The van der Waals surface area contributed by atoms with E-state index in [1.165, 1.54) is 25.7 Å². The van der Waals surface area contributed by atoms with Gasteiger partial charge in [0.05, 0.1) is 11.9 Å². The predicted molar refractivity (Wildman–Crippen MR) is 126 cm³/mol. The topological polar surface area (TPSA) is 62.3 Å². The van der Waals surface area contributed by atoms with Crippen molar-refractivity contribution in [1.29, 1.82) is 0 Å². The number of hydrogen-bond acceptors (Lipinski definition) is 3. The molecule has 2 amide bonds. The molecule has 1 unspecified atom stereocenters. The highest BCUT2D eigenvalue weighted by atomic mass is 16.2. The van der Waals surface area contributed by atoms with Crippen molar-refractivity contribution >= 4 is 17.5 Å². The van der Waals surface area contributed by atoms with E-state index in [2.05, 4.69) is 36.0 Å². The summed E-state index contributed by atoms with van der Waals surface area (Å²) < 4.78 is 0. The van der Waals surface area contributed by atoms with Gasteiger partial charge in [0.15, 0.2) is 0 Å². The first-order chi connectivity index (χ1) is 15.3. The highest BCUT2D eigenvalue weighted by Crippen LogP contribution is 2.67. The second-order valence-electron chi connectivity index (χ2n) is 11.7. The van der Waals surface area contributed by atoms with E-state index in [1.54, 1.807) is 12.4 Å². The molecule has 0 radical (unpaired) electrons. The Bertz CT molecular complexity index is 888. The summed E-state index contributed by atoms with van der Waals surface area (Å²) in [6.07, 6.45) is 12.5. The minimum Gasteiger partial charge on any atom is -0.342 e. The first kappa shape index (κ1) is 21.9. The maximum atomic E-state index is 13.1. The molecule has 32 heavy (non-hydrogen) atoms. The van der Waals surface area contributed by atoms with Crippen LogP contribution < -0.4 is 5.32 Å². The lowest BCUT2D eigenvalue weighted by Gasteiger charge is -2.62. The van der Waals surface area contributed by atoms with Gasteiger partial charge >= 0.3 is 0 Å². The fourth-order valence-corrected chi connectivity index (χ4v) is 8.89. The Morgan fingerprint density at radius 2 is 1.91 bits per heavy atom. The molecule has 1 aromatic rings. The number of carbonyl (C=O) groups excluding carboxylic acids is 2. The van der Waals surface area contributed by atoms with Gasteiger partial charge in [-0.05, 0) is 91.6 Å². The molecule has 1 saturated heterocycles. The van der Waals surface area contributed by atoms with E-state index in [9.17, 15) is 9.59 Å². The number of hydrogen-bond donors (Lipinski definition) is 1. The van der Waals surface area contributed by atoms with E-state index in [0.717, 1.165) is 30.9 Å². The van der Waals surface area contributed by atoms with E-state index in [0.29, 0.717) is 36.1 Å². The van der Waals surface area contributed by atoms with Crippen LogP contribution in [-0.4, -0.2) is 34.8 Å². The van der Waals surface area contributed by atoms with Crippen LogP contribution in [0.5, 0.6) is 0 Å². The molecule has 0 bridgehead atoms. The Kier molecular flexibility index (Phi) is 5.37. The molecule has 4 aliphatic rings. The van der Waals surface area contributed by atoms with Crippen LogP contribution in [0.25, 0.3) is 0 Å². The van der Waals surface area contributed by atoms with E-state index >= 15 is 0 Å². The third-order valence-corrected chi connectivity index (χ3v) is 10.6. The molecule has 0 aromatic carbocycles. The molecule has 5 rings (SSSR count). The van der Waals surface area contributed by atoms with E-state index in [1.807, 2.05) is 19.2 Å². The fraction of sp³-hybridized carbons (Fsp3) is 0.741. The third-order valence-electron chi connectivity index (χ3n) is 10.6. The summed E-state index contributed by atoms with van der Waals surface area (Å²) >= 11 is 0. The van der Waals surface area contributed by atoms with Crippen LogP contribution >= 0.6 is 0 Å². The Morgan fingerprint density at radius 1 is 1.12 bits per heavy atom. The quantitative estimate of drug-likeness (QED) is 0.712. The molecule has 2 heterocycles. The molecule has 3 saturated carbocycles. The number of amides is 2. The van der Waals surface area contributed by atoms with Gasteiger partial charge in [-0.2, -0.15) is 0 Å². The molecule has 1 N–H and O–H groups in total. The molecule has 5 nitrogen and oxygen atoms in total. The normalized spacial score (nSPS) is 41.9. The van der Waals surface area contributed by atoms with Gasteiger partial charge in [-0.1, -0.05) is 20.8 Å². The molecular formula is C27H39N3O2. The molecule has 0 spiro atoms. The SMILES string of the molecule is CC(C(=O)Nc1cccnc1)[C@H]1CC[C@H]2[C@@H]3CC[C@H]4N(C)C(=O)CC[C@]4(C)[C@H]3CC[C@]12C. The number of rotatable bonds is 3. The Morgan fingerprint density at radius 3 is 2.66 bits per heavy atom. The number of fused-ring (bicyclic) bond motifs is 5. The minimum atomic E-state index is 0.00659. The van der Waals surface area contributed by atoms with Crippen LogP contribution in [0.1, 0.15) is 72.1 Å². The van der Waals surface area contributed by atoms with E-state index < -0.39 is 0 Å². The first-order valence-electron chi connectivity index (χ1n) is 12.7. The summed E-state index contributed by atoms with van der Waals surface area (Å²) in [6, 6.07) is 4.19. The lowest BCUT2D eigenvalue weighted by atomic mass is 9.46. The van der Waals surface area contributed by atoms with Gasteiger partial charge in [0.1, 0.15) is 0 Å². The summed E-state index contributed by atoms with van der Waals surface area (Å²) in [5, 5.41) is 3.10. The maximum Gasteiger partial charge on any atom is 0.227 e. The zero-order valence-electron chi connectivity index (χ0n) is 20.1. The number of nitrogens with zero attached hydrogens (tertiary/aromatic N) is 2. The van der Waals surface area contributed by atoms with Crippen LogP contribution in [0.2, 0.25) is 0 Å². The smallest absolute Gasteiger partial charge is 0.227 e. The van der Waals surface area contributed by atoms with Crippen molar-refractivity contribution < 1.29 is 9.59 Å². The van der Waals surface area contributed by atoms with Crippen LogP contribution in [0, 0.1) is 40.4 Å². The average molecular weight is 438 g/mol. The van der Waals surface area contributed by atoms with Crippen molar-refractivity contribution in [3.8, 4) is 0 Å². The van der Waals surface area contributed by atoms with E-state index in [4.69, 9.17) is 0 Å². The third kappa shape index (κ3) is 3.21. The average Bonchev–Trinajstić information content (AvgIpc) is 3.14. The van der Waals surface area contributed by atoms with Crippen molar-refractivity contribution in [3.05, 3.63) is 24.5 Å². The van der Waals surface area contributed by atoms with Crippen molar-refractivity contribution in [2.24, 2.45) is 40.4 Å². The standard InChI is InChI=1S/C27H39N3O2/c1-17(25(32)29-18-6-5-15-28-16-18)20-8-9-21-19-7-10-23-27(3,14-12-24(31)30(23)4)22(19)11-13-26(20,21)2/h5-6,15-17,19-23H,7-14H2,1-4H3,(H,29,32)/t17?,19-,20+,21-,22-,23+,26+,27+/m0/s1. The molecule has 8 atom stereocenters. The number of pyridine rings is 1. The minimum absolute atomic E-state index is 0.00659.